The fraction of sp³-hybridized carbons (Fsp3) is 0.579. The van der Waals surface area contributed by atoms with Gasteiger partial charge in [0.15, 0.2) is 5.96 Å². The molecule has 1 aliphatic heterocycles. The zero-order valence-electron chi connectivity index (χ0n) is 15.5. The van der Waals surface area contributed by atoms with Gasteiger partial charge < -0.3 is 25.4 Å². The average molecular weight is 360 g/mol. The molecule has 1 aromatic carbocycles. The van der Waals surface area contributed by atoms with E-state index >= 15 is 0 Å². The van der Waals surface area contributed by atoms with Gasteiger partial charge in [0.25, 0.3) is 0 Å². The van der Waals surface area contributed by atoms with Gasteiger partial charge in [-0.05, 0) is 38.8 Å². The molecule has 26 heavy (non-hydrogen) atoms. The molecular formula is C19H28N4O3. The molecule has 1 unspecified atom stereocenters. The number of hydrogen-bond donors (Lipinski definition) is 2. The van der Waals surface area contributed by atoms with Crippen LogP contribution in [0.3, 0.4) is 0 Å². The third-order valence-corrected chi connectivity index (χ3v) is 4.57. The van der Waals surface area contributed by atoms with Crippen LogP contribution in [-0.2, 0) is 4.79 Å². The molecule has 0 aromatic heterocycles. The first kappa shape index (κ1) is 18.4. The van der Waals surface area contributed by atoms with Gasteiger partial charge in [0, 0.05) is 37.5 Å². The van der Waals surface area contributed by atoms with E-state index in [2.05, 4.69) is 10.3 Å². The molecule has 3 N–H and O–H groups in total. The van der Waals surface area contributed by atoms with Gasteiger partial charge in [-0.3, -0.25) is 9.79 Å². The molecule has 1 aromatic rings. The van der Waals surface area contributed by atoms with Crippen LogP contribution in [0.2, 0.25) is 0 Å². The van der Waals surface area contributed by atoms with E-state index in [1.807, 2.05) is 36.9 Å². The van der Waals surface area contributed by atoms with E-state index in [-0.39, 0.29) is 11.8 Å². The minimum absolute atomic E-state index is 0.240. The number of likely N-dealkylation sites (tertiary alicyclic amines) is 1. The first-order valence-corrected chi connectivity index (χ1v) is 9.36. The second-order valence-corrected chi connectivity index (χ2v) is 6.72. The van der Waals surface area contributed by atoms with Crippen LogP contribution in [0.15, 0.2) is 23.2 Å². The Bertz CT molecular complexity index is 673. The Morgan fingerprint density at radius 3 is 2.77 bits per heavy atom. The zero-order valence-corrected chi connectivity index (χ0v) is 15.5. The molecule has 7 nitrogen and oxygen atoms in total. The van der Waals surface area contributed by atoms with Crippen molar-refractivity contribution in [3.8, 4) is 11.5 Å². The molecule has 0 bridgehead atoms. The highest BCUT2D eigenvalue weighted by atomic mass is 16.5. The maximum atomic E-state index is 12.0. The fourth-order valence-corrected chi connectivity index (χ4v) is 3.22. The normalized spacial score (nSPS) is 20.4. The Morgan fingerprint density at radius 2 is 2.08 bits per heavy atom. The van der Waals surface area contributed by atoms with Crippen LogP contribution in [0.4, 0.5) is 5.69 Å². The summed E-state index contributed by atoms with van der Waals surface area (Å²) in [6.07, 6.45) is 2.85. The van der Waals surface area contributed by atoms with E-state index in [4.69, 9.17) is 15.2 Å². The summed E-state index contributed by atoms with van der Waals surface area (Å²) in [6.45, 7) is 6.35. The second kappa shape index (κ2) is 8.29. The van der Waals surface area contributed by atoms with Crippen molar-refractivity contribution in [3.05, 3.63) is 18.2 Å². The maximum Gasteiger partial charge on any atom is 0.223 e. The van der Waals surface area contributed by atoms with Gasteiger partial charge in [0.2, 0.25) is 5.91 Å². The molecule has 142 valence electrons. The largest absolute Gasteiger partial charge is 0.494 e. The van der Waals surface area contributed by atoms with Crippen LogP contribution in [0, 0.1) is 5.92 Å². The molecule has 1 saturated carbocycles. The maximum absolute atomic E-state index is 12.0. The molecule has 3 rings (SSSR count). The molecule has 0 spiro atoms. The van der Waals surface area contributed by atoms with Crippen molar-refractivity contribution in [2.75, 3.05) is 31.6 Å². The summed E-state index contributed by atoms with van der Waals surface area (Å²) in [5.41, 5.74) is 6.78. The van der Waals surface area contributed by atoms with Crippen molar-refractivity contribution in [2.24, 2.45) is 16.6 Å². The Labute approximate surface area is 154 Å². The van der Waals surface area contributed by atoms with Crippen LogP contribution in [0.25, 0.3) is 0 Å². The number of nitrogens with one attached hydrogen (secondary N) is 1. The predicted molar refractivity (Wildman–Crippen MR) is 102 cm³/mol. The monoisotopic (exact) mass is 360 g/mol. The van der Waals surface area contributed by atoms with Gasteiger partial charge in [-0.2, -0.15) is 0 Å². The minimum atomic E-state index is 0.240. The fourth-order valence-electron chi connectivity index (χ4n) is 3.22. The van der Waals surface area contributed by atoms with Gasteiger partial charge >= 0.3 is 0 Å². The molecule has 1 atom stereocenters. The average Bonchev–Trinajstić information content (AvgIpc) is 3.38. The SMILES string of the molecule is CCOc1ccc(OCC)c(NC(N)=NCC2CC(=O)N(C3CC3)C2)c1. The third-order valence-electron chi connectivity index (χ3n) is 4.57. The summed E-state index contributed by atoms with van der Waals surface area (Å²) in [5.74, 6) is 2.25. The van der Waals surface area contributed by atoms with E-state index in [9.17, 15) is 4.79 Å². The first-order chi connectivity index (χ1) is 12.6. The smallest absolute Gasteiger partial charge is 0.223 e. The van der Waals surface area contributed by atoms with Crippen LogP contribution < -0.4 is 20.5 Å². The topological polar surface area (TPSA) is 89.2 Å². The number of benzene rings is 1. The predicted octanol–water partition coefficient (Wildman–Crippen LogP) is 2.22. The zero-order chi connectivity index (χ0) is 18.5. The van der Waals surface area contributed by atoms with Crippen molar-refractivity contribution in [1.29, 1.82) is 0 Å². The quantitative estimate of drug-likeness (QED) is 0.548. The Hall–Kier alpha value is -2.44. The number of carbonyl (C=O) groups excluding carboxylic acids is 1. The van der Waals surface area contributed by atoms with Crippen LogP contribution in [0.5, 0.6) is 11.5 Å². The number of anilines is 1. The Balaban J connectivity index is 1.61. The standard InChI is InChI=1S/C19H28N4O3/c1-3-25-15-7-8-17(26-4-2)16(10-15)22-19(20)21-11-13-9-18(24)23(12-13)14-5-6-14/h7-8,10,13-14H,3-6,9,11-12H2,1-2H3,(H3,20,21,22). The number of nitrogens with zero attached hydrogens (tertiary/aromatic N) is 2. The second-order valence-electron chi connectivity index (χ2n) is 6.72. The molecule has 2 aliphatic rings. The van der Waals surface area contributed by atoms with E-state index in [1.54, 1.807) is 0 Å². The summed E-state index contributed by atoms with van der Waals surface area (Å²) in [6, 6.07) is 6.05. The summed E-state index contributed by atoms with van der Waals surface area (Å²) in [4.78, 5) is 18.5. The molecule has 1 aliphatic carbocycles. The van der Waals surface area contributed by atoms with Gasteiger partial charge in [-0.1, -0.05) is 0 Å². The number of ether oxygens (including phenoxy) is 2. The molecule has 0 radical (unpaired) electrons. The highest BCUT2D eigenvalue weighted by molar-refractivity contribution is 5.94. The molecular weight excluding hydrogens is 332 g/mol. The number of guanidine groups is 1. The summed E-state index contributed by atoms with van der Waals surface area (Å²) >= 11 is 0. The highest BCUT2D eigenvalue weighted by Crippen LogP contribution is 2.33. The van der Waals surface area contributed by atoms with Crippen molar-refractivity contribution >= 4 is 17.6 Å². The van der Waals surface area contributed by atoms with E-state index < -0.39 is 0 Å². The Kier molecular flexibility index (Phi) is 5.85. The lowest BCUT2D eigenvalue weighted by molar-refractivity contribution is -0.128. The summed E-state index contributed by atoms with van der Waals surface area (Å²) in [7, 11) is 0. The molecule has 1 heterocycles. The molecule has 1 saturated heterocycles. The highest BCUT2D eigenvalue weighted by Gasteiger charge is 2.39. The summed E-state index contributed by atoms with van der Waals surface area (Å²) in [5, 5.41) is 3.10. The van der Waals surface area contributed by atoms with Crippen LogP contribution >= 0.6 is 0 Å². The molecule has 7 heteroatoms. The summed E-state index contributed by atoms with van der Waals surface area (Å²) < 4.78 is 11.2. The van der Waals surface area contributed by atoms with E-state index in [0.717, 1.165) is 30.8 Å². The number of amides is 1. The number of rotatable bonds is 8. The number of nitrogens with two attached hydrogens (primary N) is 1. The minimum Gasteiger partial charge on any atom is -0.494 e. The third kappa shape index (κ3) is 4.59. The van der Waals surface area contributed by atoms with E-state index in [0.29, 0.717) is 43.9 Å². The number of hydrogen-bond acceptors (Lipinski definition) is 4. The lowest BCUT2D eigenvalue weighted by Crippen LogP contribution is -2.28. The van der Waals surface area contributed by atoms with Gasteiger partial charge in [0.05, 0.1) is 18.9 Å². The van der Waals surface area contributed by atoms with Gasteiger partial charge in [-0.25, -0.2) is 0 Å². The van der Waals surface area contributed by atoms with Crippen molar-refractivity contribution in [1.82, 2.24) is 4.90 Å². The molecule has 2 fully saturated rings. The van der Waals surface area contributed by atoms with Crippen LogP contribution in [0.1, 0.15) is 33.1 Å². The number of aliphatic imine (C=N–C) groups is 1. The van der Waals surface area contributed by atoms with Crippen LogP contribution in [-0.4, -0.2) is 49.1 Å². The molecule has 1 amide bonds. The van der Waals surface area contributed by atoms with E-state index in [1.165, 1.54) is 0 Å². The van der Waals surface area contributed by atoms with Gasteiger partial charge in [0.1, 0.15) is 11.5 Å². The van der Waals surface area contributed by atoms with Crippen molar-refractivity contribution in [2.45, 2.75) is 39.2 Å². The van der Waals surface area contributed by atoms with Gasteiger partial charge in [-0.15, -0.1) is 0 Å². The lowest BCUT2D eigenvalue weighted by atomic mass is 10.1. The van der Waals surface area contributed by atoms with Crippen molar-refractivity contribution < 1.29 is 14.3 Å². The Morgan fingerprint density at radius 1 is 1.31 bits per heavy atom. The first-order valence-electron chi connectivity index (χ1n) is 9.36. The van der Waals surface area contributed by atoms with Crippen molar-refractivity contribution in [3.63, 3.8) is 0 Å². The number of carbonyl (C=O) groups is 1. The lowest BCUT2D eigenvalue weighted by Gasteiger charge is -2.15.